The van der Waals surface area contributed by atoms with E-state index in [1.165, 1.54) is 22.3 Å². The smallest absolute Gasteiger partial charge is 0.254 e. The lowest BCUT2D eigenvalue weighted by molar-refractivity contribution is -0.120. The molecule has 10 heteroatoms. The number of anilines is 1. The van der Waals surface area contributed by atoms with Crippen molar-refractivity contribution in [2.24, 2.45) is 0 Å². The molecule has 31 heavy (non-hydrogen) atoms. The van der Waals surface area contributed by atoms with Crippen molar-refractivity contribution in [2.75, 3.05) is 25.0 Å². The molecular formula is C21H26Cl2N4O3S. The number of carbonyl (C=O) groups is 3. The average Bonchev–Trinajstić information content (AvgIpc) is 3.15. The fourth-order valence-electron chi connectivity index (χ4n) is 2.74. The molecule has 0 aliphatic heterocycles. The quantitative estimate of drug-likeness (QED) is 0.462. The van der Waals surface area contributed by atoms with Crippen molar-refractivity contribution in [3.05, 3.63) is 44.9 Å². The molecule has 168 valence electrons. The largest absolute Gasteiger partial charge is 0.356 e. The maximum absolute atomic E-state index is 12.8. The lowest BCUT2D eigenvalue weighted by atomic mass is 10.2. The zero-order chi connectivity index (χ0) is 22.8. The molecule has 0 aliphatic carbocycles. The lowest BCUT2D eigenvalue weighted by Gasteiger charge is -2.21. The normalized spacial score (nSPS) is 10.6. The van der Waals surface area contributed by atoms with E-state index in [0.29, 0.717) is 40.9 Å². The number of halogens is 2. The van der Waals surface area contributed by atoms with Crippen molar-refractivity contribution in [3.8, 4) is 0 Å². The van der Waals surface area contributed by atoms with Gasteiger partial charge in [-0.1, -0.05) is 43.5 Å². The van der Waals surface area contributed by atoms with Crippen LogP contribution in [0.5, 0.6) is 0 Å². The zero-order valence-corrected chi connectivity index (χ0v) is 19.9. The Morgan fingerprint density at radius 2 is 1.87 bits per heavy atom. The molecule has 2 aromatic rings. The predicted octanol–water partition coefficient (Wildman–Crippen LogP) is 4.40. The van der Waals surface area contributed by atoms with Crippen LogP contribution in [-0.2, 0) is 16.0 Å². The predicted molar refractivity (Wildman–Crippen MR) is 125 cm³/mol. The molecule has 0 bridgehead atoms. The molecule has 1 aromatic heterocycles. The molecule has 2 rings (SSSR count). The van der Waals surface area contributed by atoms with Gasteiger partial charge in [0.05, 0.1) is 22.2 Å². The summed E-state index contributed by atoms with van der Waals surface area (Å²) < 4.78 is 0. The van der Waals surface area contributed by atoms with Crippen LogP contribution in [0.2, 0.25) is 10.0 Å². The van der Waals surface area contributed by atoms with Gasteiger partial charge < -0.3 is 15.5 Å². The topological polar surface area (TPSA) is 91.4 Å². The summed E-state index contributed by atoms with van der Waals surface area (Å²) in [6.45, 7) is 4.91. The second-order valence-electron chi connectivity index (χ2n) is 6.93. The highest BCUT2D eigenvalue weighted by Gasteiger charge is 2.20. The molecule has 0 unspecified atom stereocenters. The van der Waals surface area contributed by atoms with Crippen LogP contribution < -0.4 is 10.6 Å². The van der Waals surface area contributed by atoms with Gasteiger partial charge >= 0.3 is 0 Å². The summed E-state index contributed by atoms with van der Waals surface area (Å²) in [6, 6.07) is 4.62. The summed E-state index contributed by atoms with van der Waals surface area (Å²) >= 11 is 13.2. The summed E-state index contributed by atoms with van der Waals surface area (Å²) in [5, 5.41) is 8.30. The van der Waals surface area contributed by atoms with Crippen LogP contribution in [0, 0.1) is 0 Å². The number of aromatic nitrogens is 1. The van der Waals surface area contributed by atoms with Crippen molar-refractivity contribution >= 4 is 57.4 Å². The van der Waals surface area contributed by atoms with E-state index in [-0.39, 0.29) is 35.7 Å². The lowest BCUT2D eigenvalue weighted by Crippen LogP contribution is -2.38. The van der Waals surface area contributed by atoms with Crippen molar-refractivity contribution in [1.29, 1.82) is 0 Å². The van der Waals surface area contributed by atoms with Gasteiger partial charge in [-0.2, -0.15) is 0 Å². The summed E-state index contributed by atoms with van der Waals surface area (Å²) in [5.41, 5.74) is 0.952. The molecule has 0 spiro atoms. The maximum Gasteiger partial charge on any atom is 0.254 e. The van der Waals surface area contributed by atoms with Crippen LogP contribution in [0.15, 0.2) is 23.6 Å². The first-order valence-corrected chi connectivity index (χ1v) is 11.7. The average molecular weight is 485 g/mol. The molecule has 0 aliphatic rings. The Balaban J connectivity index is 1.94. The summed E-state index contributed by atoms with van der Waals surface area (Å²) in [7, 11) is 0. The number of amides is 3. The van der Waals surface area contributed by atoms with E-state index in [4.69, 9.17) is 23.2 Å². The molecule has 0 saturated carbocycles. The zero-order valence-electron chi connectivity index (χ0n) is 17.5. The van der Waals surface area contributed by atoms with Gasteiger partial charge in [0.15, 0.2) is 5.13 Å². The van der Waals surface area contributed by atoms with Gasteiger partial charge in [-0.15, -0.1) is 11.3 Å². The van der Waals surface area contributed by atoms with Gasteiger partial charge in [-0.3, -0.25) is 14.4 Å². The number of nitrogens with zero attached hydrogens (tertiary/aromatic N) is 2. The summed E-state index contributed by atoms with van der Waals surface area (Å²) in [4.78, 5) is 42.9. The van der Waals surface area contributed by atoms with Gasteiger partial charge in [0.25, 0.3) is 5.91 Å². The molecule has 7 nitrogen and oxygen atoms in total. The highest BCUT2D eigenvalue weighted by Crippen LogP contribution is 2.23. The van der Waals surface area contributed by atoms with Crippen LogP contribution in [0.4, 0.5) is 5.13 Å². The Labute approximate surface area is 196 Å². The van der Waals surface area contributed by atoms with Crippen molar-refractivity contribution < 1.29 is 14.4 Å². The third kappa shape index (κ3) is 8.12. The number of nitrogens with one attached hydrogen (secondary N) is 2. The third-order valence-electron chi connectivity index (χ3n) is 4.27. The number of thiazole rings is 1. The Hall–Kier alpha value is -2.16. The van der Waals surface area contributed by atoms with Crippen LogP contribution in [0.1, 0.15) is 49.2 Å². The van der Waals surface area contributed by atoms with Crippen molar-refractivity contribution in [3.63, 3.8) is 0 Å². The van der Waals surface area contributed by atoms with E-state index in [1.807, 2.05) is 6.92 Å². The first-order valence-electron chi connectivity index (χ1n) is 10.1. The van der Waals surface area contributed by atoms with Crippen LogP contribution >= 0.6 is 34.5 Å². The van der Waals surface area contributed by atoms with E-state index in [9.17, 15) is 14.4 Å². The molecule has 0 atom stereocenters. The molecule has 0 fully saturated rings. The fraction of sp³-hybridized carbons (Fsp3) is 0.429. The number of unbranched alkanes of at least 4 members (excludes halogenated alkanes) is 1. The Bertz CT molecular complexity index is 920. The van der Waals surface area contributed by atoms with Crippen LogP contribution in [0.3, 0.4) is 0 Å². The number of carbonyl (C=O) groups excluding carboxylic acids is 3. The number of benzene rings is 1. The Kier molecular flexibility index (Phi) is 10.2. The minimum atomic E-state index is -0.366. The van der Waals surface area contributed by atoms with Crippen molar-refractivity contribution in [2.45, 2.75) is 39.5 Å². The van der Waals surface area contributed by atoms with E-state index in [1.54, 1.807) is 17.5 Å². The second kappa shape index (κ2) is 12.6. The summed E-state index contributed by atoms with van der Waals surface area (Å²) in [5.74, 6) is -0.771. The van der Waals surface area contributed by atoms with E-state index < -0.39 is 0 Å². The van der Waals surface area contributed by atoms with Gasteiger partial charge in [0.1, 0.15) is 6.54 Å². The van der Waals surface area contributed by atoms with Crippen molar-refractivity contribution in [1.82, 2.24) is 15.2 Å². The standard InChI is InChI=1S/C21H26Cl2N4O3S/c1-3-5-8-24-18(28)11-15-13-31-21(25-15)26-19(29)12-27(9-4-2)20(30)14-6-7-16(22)17(23)10-14/h6-7,10,13H,3-5,8-9,11-12H2,1-2H3,(H,24,28)(H,25,26,29). The minimum Gasteiger partial charge on any atom is -0.356 e. The highest BCUT2D eigenvalue weighted by atomic mass is 35.5. The van der Waals surface area contributed by atoms with Gasteiger partial charge in [-0.25, -0.2) is 4.98 Å². The molecule has 0 radical (unpaired) electrons. The van der Waals surface area contributed by atoms with Gasteiger partial charge in [-0.05, 0) is 31.0 Å². The van der Waals surface area contributed by atoms with Crippen LogP contribution in [0.25, 0.3) is 0 Å². The number of hydrogen-bond acceptors (Lipinski definition) is 5. The molecule has 3 amide bonds. The summed E-state index contributed by atoms with van der Waals surface area (Å²) in [6.07, 6.45) is 2.79. The first kappa shape index (κ1) is 25.1. The maximum atomic E-state index is 12.8. The van der Waals surface area contributed by atoms with E-state index in [0.717, 1.165) is 12.8 Å². The first-order chi connectivity index (χ1) is 14.8. The highest BCUT2D eigenvalue weighted by molar-refractivity contribution is 7.13. The molecule has 1 aromatic carbocycles. The fourth-order valence-corrected chi connectivity index (χ4v) is 3.77. The number of rotatable bonds is 11. The molecule has 2 N–H and O–H groups in total. The molecule has 1 heterocycles. The van der Waals surface area contributed by atoms with E-state index >= 15 is 0 Å². The molecule has 0 saturated heterocycles. The minimum absolute atomic E-state index is 0.0991. The van der Waals surface area contributed by atoms with Gasteiger partial charge in [0, 0.05) is 24.0 Å². The number of hydrogen-bond donors (Lipinski definition) is 2. The Morgan fingerprint density at radius 3 is 2.55 bits per heavy atom. The second-order valence-corrected chi connectivity index (χ2v) is 8.60. The Morgan fingerprint density at radius 1 is 1.10 bits per heavy atom. The van der Waals surface area contributed by atoms with Crippen LogP contribution in [-0.4, -0.2) is 47.2 Å². The third-order valence-corrected chi connectivity index (χ3v) is 5.82. The van der Waals surface area contributed by atoms with Gasteiger partial charge in [0.2, 0.25) is 11.8 Å². The SMILES string of the molecule is CCCCNC(=O)Cc1csc(NC(=O)CN(CCC)C(=O)c2ccc(Cl)c(Cl)c2)n1. The monoisotopic (exact) mass is 484 g/mol. The molecular weight excluding hydrogens is 459 g/mol. The van der Waals surface area contributed by atoms with E-state index in [2.05, 4.69) is 22.5 Å².